The van der Waals surface area contributed by atoms with Crippen LogP contribution >= 0.6 is 0 Å². The van der Waals surface area contributed by atoms with Gasteiger partial charge in [0.05, 0.1) is 11.1 Å². The van der Waals surface area contributed by atoms with Gasteiger partial charge in [0, 0.05) is 30.2 Å². The maximum absolute atomic E-state index is 12.5. The maximum atomic E-state index is 12.5. The first-order valence-electron chi connectivity index (χ1n) is 8.15. The van der Waals surface area contributed by atoms with E-state index in [2.05, 4.69) is 4.98 Å². The molecule has 0 radical (unpaired) electrons. The molecule has 1 saturated heterocycles. The number of carbonyl (C=O) groups excluding carboxylic acids is 1. The number of nitrogens with zero attached hydrogens (tertiary/aromatic N) is 2. The Morgan fingerprint density at radius 3 is 2.32 bits per heavy atom. The molecule has 1 aromatic heterocycles. The Labute approximate surface area is 144 Å². The van der Waals surface area contributed by atoms with Crippen LogP contribution in [-0.2, 0) is 0 Å². The van der Waals surface area contributed by atoms with Crippen molar-refractivity contribution in [3.05, 3.63) is 65.9 Å². The number of carboxylic acids is 1. The second kappa shape index (κ2) is 6.02. The molecule has 3 aromatic rings. The minimum atomic E-state index is -0.950. The summed E-state index contributed by atoms with van der Waals surface area (Å²) in [5, 5.41) is 9.93. The monoisotopic (exact) mass is 332 g/mol. The van der Waals surface area contributed by atoms with E-state index >= 15 is 0 Å². The van der Waals surface area contributed by atoms with Crippen LogP contribution in [0, 0.1) is 0 Å². The van der Waals surface area contributed by atoms with Crippen molar-refractivity contribution in [2.45, 2.75) is 6.42 Å². The molecule has 5 heteroatoms. The van der Waals surface area contributed by atoms with Gasteiger partial charge in [-0.3, -0.25) is 9.78 Å². The van der Waals surface area contributed by atoms with E-state index in [1.54, 1.807) is 30.5 Å². The van der Waals surface area contributed by atoms with Gasteiger partial charge in [-0.2, -0.15) is 0 Å². The van der Waals surface area contributed by atoms with Gasteiger partial charge in [-0.25, -0.2) is 4.79 Å². The molecule has 0 unspecified atom stereocenters. The van der Waals surface area contributed by atoms with Crippen LogP contribution in [0.3, 0.4) is 0 Å². The lowest BCUT2D eigenvalue weighted by atomic mass is 9.98. The Morgan fingerprint density at radius 1 is 0.960 bits per heavy atom. The van der Waals surface area contributed by atoms with Gasteiger partial charge in [-0.15, -0.1) is 0 Å². The van der Waals surface area contributed by atoms with E-state index in [9.17, 15) is 9.59 Å². The first kappa shape index (κ1) is 15.3. The Bertz CT molecular complexity index is 976. The Balaban J connectivity index is 1.80. The number of aromatic carboxylic acids is 1. The third-order valence-electron chi connectivity index (χ3n) is 4.57. The zero-order valence-electron chi connectivity index (χ0n) is 13.5. The fraction of sp³-hybridized carbons (Fsp3) is 0.150. The molecule has 1 amide bonds. The quantitative estimate of drug-likeness (QED) is 0.797. The van der Waals surface area contributed by atoms with E-state index in [0.717, 1.165) is 41.5 Å². The van der Waals surface area contributed by atoms with E-state index in [1.807, 2.05) is 29.2 Å². The lowest BCUT2D eigenvalue weighted by Crippen LogP contribution is -2.41. The molecule has 0 saturated carbocycles. The van der Waals surface area contributed by atoms with E-state index in [4.69, 9.17) is 5.11 Å². The summed E-state index contributed by atoms with van der Waals surface area (Å²) in [5.74, 6) is -0.905. The van der Waals surface area contributed by atoms with Crippen LogP contribution in [0.25, 0.3) is 22.0 Å². The minimum absolute atomic E-state index is 0.0455. The average Bonchev–Trinajstić information content (AvgIpc) is 2.59. The van der Waals surface area contributed by atoms with Crippen LogP contribution < -0.4 is 0 Å². The number of hydrogen-bond acceptors (Lipinski definition) is 3. The van der Waals surface area contributed by atoms with Crippen molar-refractivity contribution in [1.82, 2.24) is 9.88 Å². The first-order valence-corrected chi connectivity index (χ1v) is 8.15. The van der Waals surface area contributed by atoms with Gasteiger partial charge in [-0.1, -0.05) is 12.1 Å². The molecule has 4 rings (SSSR count). The van der Waals surface area contributed by atoms with Crippen molar-refractivity contribution in [1.29, 1.82) is 0 Å². The number of carboxylic acid groups (broad SMARTS) is 1. The lowest BCUT2D eigenvalue weighted by Gasteiger charge is -2.31. The van der Waals surface area contributed by atoms with Crippen LogP contribution in [0.5, 0.6) is 0 Å². The van der Waals surface area contributed by atoms with Crippen molar-refractivity contribution in [3.63, 3.8) is 0 Å². The summed E-state index contributed by atoms with van der Waals surface area (Å²) in [4.78, 5) is 29.7. The van der Waals surface area contributed by atoms with Gasteiger partial charge in [0.25, 0.3) is 5.91 Å². The Kier molecular flexibility index (Phi) is 3.69. The van der Waals surface area contributed by atoms with Gasteiger partial charge in [-0.05, 0) is 53.9 Å². The molecule has 1 fully saturated rings. The van der Waals surface area contributed by atoms with Crippen molar-refractivity contribution in [3.8, 4) is 11.1 Å². The molecule has 0 aliphatic carbocycles. The van der Waals surface area contributed by atoms with E-state index in [-0.39, 0.29) is 11.5 Å². The van der Waals surface area contributed by atoms with E-state index in [1.165, 1.54) is 0 Å². The van der Waals surface area contributed by atoms with Crippen LogP contribution in [0.4, 0.5) is 0 Å². The summed E-state index contributed by atoms with van der Waals surface area (Å²) in [6.45, 7) is 1.63. The van der Waals surface area contributed by atoms with Crippen molar-refractivity contribution < 1.29 is 14.7 Å². The number of pyridine rings is 1. The summed E-state index contributed by atoms with van der Waals surface area (Å²) in [7, 11) is 0. The highest BCUT2D eigenvalue weighted by Gasteiger charge is 2.22. The third kappa shape index (κ3) is 2.74. The maximum Gasteiger partial charge on any atom is 0.335 e. The number of rotatable bonds is 3. The van der Waals surface area contributed by atoms with Gasteiger partial charge < -0.3 is 10.0 Å². The van der Waals surface area contributed by atoms with Crippen molar-refractivity contribution in [2.75, 3.05) is 13.1 Å². The second-order valence-corrected chi connectivity index (χ2v) is 6.12. The molecule has 1 N–H and O–H groups in total. The van der Waals surface area contributed by atoms with Crippen LogP contribution in [0.2, 0.25) is 0 Å². The minimum Gasteiger partial charge on any atom is -0.478 e. The van der Waals surface area contributed by atoms with Crippen LogP contribution in [-0.4, -0.2) is 40.0 Å². The third-order valence-corrected chi connectivity index (χ3v) is 4.57. The fourth-order valence-corrected chi connectivity index (χ4v) is 3.03. The Morgan fingerprint density at radius 2 is 1.68 bits per heavy atom. The standard InChI is InChI=1S/C20H16N2O3/c23-19(22-10-1-11-22)15-6-7-18-17(12-15)16(8-9-21-18)13-2-4-14(5-3-13)20(24)25/h2-9,12H,1,10-11H2,(H,24,25). The van der Waals surface area contributed by atoms with Crippen LogP contribution in [0.1, 0.15) is 27.1 Å². The van der Waals surface area contributed by atoms with Gasteiger partial charge in [0.15, 0.2) is 0 Å². The fourth-order valence-electron chi connectivity index (χ4n) is 3.03. The number of carbonyl (C=O) groups is 2. The predicted molar refractivity (Wildman–Crippen MR) is 94.7 cm³/mol. The number of amides is 1. The zero-order valence-corrected chi connectivity index (χ0v) is 13.5. The molecule has 1 aliphatic heterocycles. The summed E-state index contributed by atoms with van der Waals surface area (Å²) >= 11 is 0. The van der Waals surface area contributed by atoms with Gasteiger partial charge >= 0.3 is 5.97 Å². The largest absolute Gasteiger partial charge is 0.478 e. The molecule has 0 bridgehead atoms. The highest BCUT2D eigenvalue weighted by atomic mass is 16.4. The number of benzene rings is 2. The molecular weight excluding hydrogens is 316 g/mol. The molecule has 0 atom stereocenters. The molecule has 2 heterocycles. The lowest BCUT2D eigenvalue weighted by molar-refractivity contribution is 0.0650. The van der Waals surface area contributed by atoms with E-state index < -0.39 is 5.97 Å². The molecule has 5 nitrogen and oxygen atoms in total. The SMILES string of the molecule is O=C(O)c1ccc(-c2ccnc3ccc(C(=O)N4CCC4)cc23)cc1. The average molecular weight is 332 g/mol. The molecule has 2 aromatic carbocycles. The predicted octanol–water partition coefficient (Wildman–Crippen LogP) is 3.45. The molecule has 25 heavy (non-hydrogen) atoms. The highest BCUT2D eigenvalue weighted by Crippen LogP contribution is 2.29. The first-order chi connectivity index (χ1) is 12.1. The van der Waals surface area contributed by atoms with Gasteiger partial charge in [0.1, 0.15) is 0 Å². The zero-order chi connectivity index (χ0) is 17.4. The normalized spacial score (nSPS) is 13.5. The summed E-state index contributed by atoms with van der Waals surface area (Å²) in [6.07, 6.45) is 2.78. The van der Waals surface area contributed by atoms with E-state index in [0.29, 0.717) is 5.56 Å². The highest BCUT2D eigenvalue weighted by molar-refractivity contribution is 6.02. The molecule has 124 valence electrons. The number of fused-ring (bicyclic) bond motifs is 1. The molecule has 1 aliphatic rings. The second-order valence-electron chi connectivity index (χ2n) is 6.12. The Hall–Kier alpha value is -3.21. The summed E-state index contributed by atoms with van der Waals surface area (Å²) < 4.78 is 0. The number of hydrogen-bond donors (Lipinski definition) is 1. The summed E-state index contributed by atoms with van der Waals surface area (Å²) in [6, 6.07) is 14.2. The topological polar surface area (TPSA) is 70.5 Å². The molecule has 0 spiro atoms. The van der Waals surface area contributed by atoms with Gasteiger partial charge in [0.2, 0.25) is 0 Å². The number of aromatic nitrogens is 1. The van der Waals surface area contributed by atoms with Crippen LogP contribution in [0.15, 0.2) is 54.7 Å². The molecular formula is C20H16N2O3. The van der Waals surface area contributed by atoms with Crippen molar-refractivity contribution in [2.24, 2.45) is 0 Å². The smallest absolute Gasteiger partial charge is 0.335 e. The number of likely N-dealkylation sites (tertiary alicyclic amines) is 1. The summed E-state index contributed by atoms with van der Waals surface area (Å²) in [5.41, 5.74) is 3.53. The van der Waals surface area contributed by atoms with Crippen molar-refractivity contribution >= 4 is 22.8 Å².